The molecule has 2 amide bonds. The number of amides is 2. The fourth-order valence-corrected chi connectivity index (χ4v) is 3.49. The van der Waals surface area contributed by atoms with Crippen molar-refractivity contribution in [2.24, 2.45) is 0 Å². The van der Waals surface area contributed by atoms with Gasteiger partial charge in [-0.1, -0.05) is 6.07 Å². The highest BCUT2D eigenvalue weighted by Crippen LogP contribution is 2.26. The second-order valence-corrected chi connectivity index (χ2v) is 7.12. The lowest BCUT2D eigenvalue weighted by molar-refractivity contribution is -0.114. The lowest BCUT2D eigenvalue weighted by Crippen LogP contribution is -2.35. The molecular formula is C21H23N5O3. The molecule has 0 unspecified atom stereocenters. The first-order chi connectivity index (χ1) is 14.1. The number of imidazole rings is 1. The van der Waals surface area contributed by atoms with Crippen LogP contribution in [0.1, 0.15) is 29.4 Å². The molecule has 3 heterocycles. The third kappa shape index (κ3) is 4.43. The molecule has 29 heavy (non-hydrogen) atoms. The van der Waals surface area contributed by atoms with E-state index in [-0.39, 0.29) is 17.9 Å². The molecule has 0 bridgehead atoms. The summed E-state index contributed by atoms with van der Waals surface area (Å²) < 4.78 is 7.29. The van der Waals surface area contributed by atoms with E-state index in [9.17, 15) is 9.59 Å². The van der Waals surface area contributed by atoms with Crippen molar-refractivity contribution in [1.82, 2.24) is 19.9 Å². The van der Waals surface area contributed by atoms with Gasteiger partial charge in [0.25, 0.3) is 5.91 Å². The van der Waals surface area contributed by atoms with Gasteiger partial charge in [-0.05, 0) is 30.7 Å². The summed E-state index contributed by atoms with van der Waals surface area (Å²) >= 11 is 0. The summed E-state index contributed by atoms with van der Waals surface area (Å²) in [4.78, 5) is 33.2. The van der Waals surface area contributed by atoms with Crippen molar-refractivity contribution in [2.45, 2.75) is 32.4 Å². The van der Waals surface area contributed by atoms with Gasteiger partial charge >= 0.3 is 0 Å². The first-order valence-corrected chi connectivity index (χ1v) is 9.65. The van der Waals surface area contributed by atoms with Crippen LogP contribution in [0.3, 0.4) is 0 Å². The molecular weight excluding hydrogens is 370 g/mol. The van der Waals surface area contributed by atoms with Crippen molar-refractivity contribution in [3.63, 3.8) is 0 Å². The molecule has 2 aromatic heterocycles. The molecule has 1 aliphatic rings. The number of pyridine rings is 1. The number of aryl methyl sites for hydroxylation is 2. The molecule has 3 aromatic rings. The lowest BCUT2D eigenvalue weighted by atomic mass is 10.1. The number of anilines is 1. The van der Waals surface area contributed by atoms with Gasteiger partial charge in [0, 0.05) is 44.0 Å². The van der Waals surface area contributed by atoms with Gasteiger partial charge in [0.2, 0.25) is 5.91 Å². The smallest absolute Gasteiger partial charge is 0.251 e. The molecule has 2 N–H and O–H groups in total. The predicted molar refractivity (Wildman–Crippen MR) is 109 cm³/mol. The van der Waals surface area contributed by atoms with Crippen molar-refractivity contribution in [1.29, 1.82) is 0 Å². The molecule has 0 saturated carbocycles. The summed E-state index contributed by atoms with van der Waals surface area (Å²) in [6, 6.07) is 9.28. The molecule has 1 saturated heterocycles. The molecule has 1 aromatic carbocycles. The van der Waals surface area contributed by atoms with E-state index in [2.05, 4.69) is 20.6 Å². The van der Waals surface area contributed by atoms with Crippen molar-refractivity contribution in [3.05, 3.63) is 54.1 Å². The summed E-state index contributed by atoms with van der Waals surface area (Å²) in [7, 11) is 0. The van der Waals surface area contributed by atoms with Gasteiger partial charge in [-0.15, -0.1) is 0 Å². The number of ether oxygens (including phenoxy) is 1. The van der Waals surface area contributed by atoms with Crippen LogP contribution < -0.4 is 10.6 Å². The molecule has 8 nitrogen and oxygen atoms in total. The van der Waals surface area contributed by atoms with Crippen molar-refractivity contribution in [2.75, 3.05) is 18.5 Å². The van der Waals surface area contributed by atoms with Gasteiger partial charge in [-0.2, -0.15) is 0 Å². The van der Waals surface area contributed by atoms with Crippen LogP contribution in [0, 0.1) is 0 Å². The fraction of sp³-hybridized carbons (Fsp3) is 0.333. The molecule has 1 fully saturated rings. The highest BCUT2D eigenvalue weighted by atomic mass is 16.5. The second kappa shape index (κ2) is 8.40. The Balaban J connectivity index is 1.62. The Morgan fingerprint density at radius 3 is 2.90 bits per heavy atom. The SMILES string of the molecule is CC(=O)Nc1cc(C(=O)N[C@H]2CCOC2)cc2ncn(CCc3ccccn3)c12. The Morgan fingerprint density at radius 2 is 2.17 bits per heavy atom. The zero-order valence-corrected chi connectivity index (χ0v) is 16.2. The van der Waals surface area contributed by atoms with Gasteiger partial charge in [0.1, 0.15) is 0 Å². The van der Waals surface area contributed by atoms with Gasteiger partial charge < -0.3 is 19.9 Å². The predicted octanol–water partition coefficient (Wildman–Crippen LogP) is 2.15. The van der Waals surface area contributed by atoms with Crippen LogP contribution in [0.5, 0.6) is 0 Å². The van der Waals surface area contributed by atoms with Gasteiger partial charge in [-0.3, -0.25) is 14.6 Å². The number of rotatable bonds is 6. The Labute approximate surface area is 168 Å². The number of nitrogens with one attached hydrogen (secondary N) is 2. The molecule has 150 valence electrons. The Kier molecular flexibility index (Phi) is 5.53. The highest BCUT2D eigenvalue weighted by molar-refractivity contribution is 6.05. The van der Waals surface area contributed by atoms with Gasteiger partial charge in [0.05, 0.1) is 35.7 Å². The lowest BCUT2D eigenvalue weighted by Gasteiger charge is -2.13. The summed E-state index contributed by atoms with van der Waals surface area (Å²) in [6.45, 7) is 3.28. The maximum Gasteiger partial charge on any atom is 0.251 e. The van der Waals surface area contributed by atoms with Crippen LogP contribution in [0.25, 0.3) is 11.0 Å². The number of aromatic nitrogens is 3. The fourth-order valence-electron chi connectivity index (χ4n) is 3.49. The van der Waals surface area contributed by atoms with E-state index in [4.69, 9.17) is 4.74 Å². The van der Waals surface area contributed by atoms with E-state index in [1.807, 2.05) is 22.8 Å². The summed E-state index contributed by atoms with van der Waals surface area (Å²) in [6.07, 6.45) is 5.03. The average Bonchev–Trinajstić information content (AvgIpc) is 3.36. The quantitative estimate of drug-likeness (QED) is 0.669. The molecule has 4 rings (SSSR count). The minimum absolute atomic E-state index is 0.0124. The maximum atomic E-state index is 12.7. The van der Waals surface area contributed by atoms with Gasteiger partial charge in [-0.25, -0.2) is 4.98 Å². The van der Waals surface area contributed by atoms with Crippen LogP contribution in [-0.2, 0) is 22.5 Å². The summed E-state index contributed by atoms with van der Waals surface area (Å²) in [5.74, 6) is -0.400. The van der Waals surface area contributed by atoms with Crippen molar-refractivity contribution < 1.29 is 14.3 Å². The zero-order valence-electron chi connectivity index (χ0n) is 16.2. The molecule has 1 aliphatic heterocycles. The number of carbonyl (C=O) groups is 2. The van der Waals surface area contributed by atoms with Crippen LogP contribution in [0.2, 0.25) is 0 Å². The van der Waals surface area contributed by atoms with Crippen LogP contribution >= 0.6 is 0 Å². The zero-order chi connectivity index (χ0) is 20.2. The maximum absolute atomic E-state index is 12.7. The molecule has 1 atom stereocenters. The monoisotopic (exact) mass is 393 g/mol. The van der Waals surface area contributed by atoms with Crippen LogP contribution in [0.15, 0.2) is 42.9 Å². The van der Waals surface area contributed by atoms with E-state index in [0.29, 0.717) is 36.5 Å². The third-order valence-corrected chi connectivity index (χ3v) is 4.89. The van der Waals surface area contributed by atoms with E-state index in [0.717, 1.165) is 24.1 Å². The number of carbonyl (C=O) groups excluding carboxylic acids is 2. The van der Waals surface area contributed by atoms with E-state index in [1.54, 1.807) is 24.7 Å². The summed E-state index contributed by atoms with van der Waals surface area (Å²) in [5.41, 5.74) is 3.46. The molecule has 0 spiro atoms. The van der Waals surface area contributed by atoms with Crippen LogP contribution in [0.4, 0.5) is 5.69 Å². The van der Waals surface area contributed by atoms with Gasteiger partial charge in [0.15, 0.2) is 0 Å². The van der Waals surface area contributed by atoms with Crippen molar-refractivity contribution in [3.8, 4) is 0 Å². The third-order valence-electron chi connectivity index (χ3n) is 4.89. The molecule has 0 radical (unpaired) electrons. The Bertz CT molecular complexity index is 1030. The number of fused-ring (bicyclic) bond motifs is 1. The Hall–Kier alpha value is -3.26. The van der Waals surface area contributed by atoms with Crippen molar-refractivity contribution >= 4 is 28.5 Å². The number of hydrogen-bond donors (Lipinski definition) is 2. The number of nitrogens with zero attached hydrogens (tertiary/aromatic N) is 3. The van der Waals surface area contributed by atoms with E-state index >= 15 is 0 Å². The topological polar surface area (TPSA) is 98.1 Å². The minimum atomic E-state index is -0.203. The first-order valence-electron chi connectivity index (χ1n) is 9.65. The minimum Gasteiger partial charge on any atom is -0.379 e. The van der Waals surface area contributed by atoms with E-state index < -0.39 is 0 Å². The first kappa shape index (κ1) is 19.1. The second-order valence-electron chi connectivity index (χ2n) is 7.12. The average molecular weight is 393 g/mol. The number of hydrogen-bond acceptors (Lipinski definition) is 5. The Morgan fingerprint density at radius 1 is 1.28 bits per heavy atom. The summed E-state index contributed by atoms with van der Waals surface area (Å²) in [5, 5.41) is 5.82. The molecule has 8 heteroatoms. The number of benzene rings is 1. The highest BCUT2D eigenvalue weighted by Gasteiger charge is 2.20. The largest absolute Gasteiger partial charge is 0.379 e. The van der Waals surface area contributed by atoms with E-state index in [1.165, 1.54) is 6.92 Å². The normalized spacial score (nSPS) is 16.1. The standard InChI is InChI=1S/C21H23N5O3/c1-14(27)24-19-11-15(21(28)25-17-6-9-29-12-17)10-18-20(19)26(13-23-18)8-5-16-4-2-3-7-22-16/h2-4,7,10-11,13,17H,5-6,8-9,12H2,1H3,(H,24,27)(H,25,28)/t17-/m0/s1. The molecule has 0 aliphatic carbocycles. The van der Waals surface area contributed by atoms with Crippen LogP contribution in [-0.4, -0.2) is 45.6 Å².